The van der Waals surface area contributed by atoms with Crippen LogP contribution in [0.5, 0.6) is 11.5 Å². The average molecular weight is 436 g/mol. The molecule has 0 bridgehead atoms. The Kier molecular flexibility index (Phi) is 13.3. The highest BCUT2D eigenvalue weighted by atomic mass is 16.5. The number of H-pyrrole nitrogens is 1. The van der Waals surface area contributed by atoms with Crippen molar-refractivity contribution in [2.45, 2.75) is 45.6 Å². The number of benzene rings is 2. The molecular formula is C25H33N5O2. The highest BCUT2D eigenvalue weighted by Crippen LogP contribution is 2.32. The summed E-state index contributed by atoms with van der Waals surface area (Å²) in [5.74, 6) is 1.45. The van der Waals surface area contributed by atoms with Gasteiger partial charge in [-0.25, -0.2) is 0 Å². The minimum absolute atomic E-state index is 0.439. The van der Waals surface area contributed by atoms with Crippen molar-refractivity contribution in [1.29, 1.82) is 5.26 Å². The maximum atomic E-state index is 10.7. The molecule has 0 fully saturated rings. The molecule has 0 amide bonds. The Labute approximate surface area is 190 Å². The Morgan fingerprint density at radius 2 is 1.84 bits per heavy atom. The molecule has 0 saturated carbocycles. The van der Waals surface area contributed by atoms with E-state index in [0.717, 1.165) is 23.6 Å². The molecule has 4 N–H and O–H groups in total. The number of aromatic amines is 1. The first-order chi connectivity index (χ1) is 15.6. The Bertz CT molecular complexity index is 931. The topological polar surface area (TPSA) is 117 Å². The van der Waals surface area contributed by atoms with E-state index in [1.165, 1.54) is 31.9 Å². The number of hydrogen-bond donors (Lipinski definition) is 3. The highest BCUT2D eigenvalue weighted by Gasteiger charge is 2.10. The van der Waals surface area contributed by atoms with Gasteiger partial charge >= 0.3 is 0 Å². The van der Waals surface area contributed by atoms with E-state index in [2.05, 4.69) is 35.1 Å². The molecule has 0 radical (unpaired) electrons. The molecule has 0 aliphatic rings. The molecule has 3 rings (SSSR count). The van der Waals surface area contributed by atoms with Gasteiger partial charge in [0.05, 0.1) is 11.4 Å². The highest BCUT2D eigenvalue weighted by molar-refractivity contribution is 5.77. The van der Waals surface area contributed by atoms with Crippen LogP contribution in [0.1, 0.15) is 50.0 Å². The third-order valence-electron chi connectivity index (χ3n) is 4.67. The standard InChI is InChI=1S/C16H12N2O2.C8H19N.CH2N2/c19-11-12-10-15(18-17-12)14-8-4-5-9-16(14)20-13-6-2-1-3-7-13;1-4-6-7-8(5-2)9-3;2-1-3/h1-11H,(H,17,18);8-9H,4-7H2,1-3H3;2H2. The monoisotopic (exact) mass is 435 g/mol. The lowest BCUT2D eigenvalue weighted by molar-refractivity contribution is 0.111. The number of para-hydroxylation sites is 2. The predicted molar refractivity (Wildman–Crippen MR) is 128 cm³/mol. The van der Waals surface area contributed by atoms with Gasteiger partial charge in [-0.05, 0) is 50.2 Å². The number of carbonyl (C=O) groups is 1. The summed E-state index contributed by atoms with van der Waals surface area (Å²) in [6.07, 6.45) is 7.26. The predicted octanol–water partition coefficient (Wildman–Crippen LogP) is 5.28. The molecular weight excluding hydrogens is 402 g/mol. The smallest absolute Gasteiger partial charge is 0.173 e. The molecule has 0 aliphatic heterocycles. The molecule has 7 heteroatoms. The van der Waals surface area contributed by atoms with E-state index >= 15 is 0 Å². The summed E-state index contributed by atoms with van der Waals surface area (Å²) in [5, 5.41) is 17.2. The molecule has 0 saturated heterocycles. The number of aldehydes is 1. The summed E-state index contributed by atoms with van der Waals surface area (Å²) in [6.45, 7) is 4.47. The number of nitriles is 1. The van der Waals surface area contributed by atoms with Gasteiger partial charge in [0.15, 0.2) is 12.5 Å². The van der Waals surface area contributed by atoms with Crippen molar-refractivity contribution in [2.75, 3.05) is 7.05 Å². The van der Waals surface area contributed by atoms with E-state index in [0.29, 0.717) is 17.1 Å². The van der Waals surface area contributed by atoms with Gasteiger partial charge in [-0.3, -0.25) is 9.89 Å². The number of hydrogen-bond acceptors (Lipinski definition) is 6. The largest absolute Gasteiger partial charge is 0.457 e. The Balaban J connectivity index is 0.000000360. The fourth-order valence-electron chi connectivity index (χ4n) is 2.92. The van der Waals surface area contributed by atoms with E-state index in [4.69, 9.17) is 10.00 Å². The lowest BCUT2D eigenvalue weighted by atomic mass is 10.1. The van der Waals surface area contributed by atoms with Gasteiger partial charge in [0.25, 0.3) is 0 Å². The van der Waals surface area contributed by atoms with Gasteiger partial charge in [0, 0.05) is 11.6 Å². The molecule has 2 aromatic carbocycles. The van der Waals surface area contributed by atoms with Crippen LogP contribution >= 0.6 is 0 Å². The zero-order chi connectivity index (χ0) is 23.6. The molecule has 1 unspecified atom stereocenters. The van der Waals surface area contributed by atoms with E-state index in [1.54, 1.807) is 6.07 Å². The summed E-state index contributed by atoms with van der Waals surface area (Å²) in [5.41, 5.74) is 6.11. The normalized spacial score (nSPS) is 10.4. The zero-order valence-corrected chi connectivity index (χ0v) is 19.0. The summed E-state index contributed by atoms with van der Waals surface area (Å²) in [7, 11) is 2.05. The third-order valence-corrected chi connectivity index (χ3v) is 4.67. The number of aromatic nitrogens is 2. The fraction of sp³-hybridized carbons (Fsp3) is 0.320. The summed E-state index contributed by atoms with van der Waals surface area (Å²) in [6, 6.07) is 19.6. The van der Waals surface area contributed by atoms with Crippen LogP contribution in [0.15, 0.2) is 60.7 Å². The van der Waals surface area contributed by atoms with Crippen molar-refractivity contribution < 1.29 is 9.53 Å². The van der Waals surface area contributed by atoms with Crippen LogP contribution in [0.25, 0.3) is 11.3 Å². The van der Waals surface area contributed by atoms with Gasteiger partial charge < -0.3 is 15.8 Å². The van der Waals surface area contributed by atoms with Crippen molar-refractivity contribution in [3.63, 3.8) is 0 Å². The molecule has 170 valence electrons. The van der Waals surface area contributed by atoms with Crippen LogP contribution in [-0.2, 0) is 0 Å². The molecule has 1 atom stereocenters. The summed E-state index contributed by atoms with van der Waals surface area (Å²) >= 11 is 0. The second kappa shape index (κ2) is 16.1. The number of nitrogens with two attached hydrogens (primary N) is 1. The van der Waals surface area contributed by atoms with Crippen molar-refractivity contribution >= 4 is 6.29 Å². The second-order valence-corrected chi connectivity index (χ2v) is 6.90. The molecule has 0 spiro atoms. The van der Waals surface area contributed by atoms with Crippen molar-refractivity contribution in [3.8, 4) is 28.9 Å². The molecule has 32 heavy (non-hydrogen) atoms. The van der Waals surface area contributed by atoms with Gasteiger partial charge in [-0.1, -0.05) is 57.0 Å². The van der Waals surface area contributed by atoms with Gasteiger partial charge in [0.1, 0.15) is 11.5 Å². The summed E-state index contributed by atoms with van der Waals surface area (Å²) in [4.78, 5) is 10.7. The van der Waals surface area contributed by atoms with Crippen LogP contribution in [0, 0.1) is 11.5 Å². The number of nitrogens with zero attached hydrogens (tertiary/aromatic N) is 2. The Hall–Kier alpha value is -3.63. The Morgan fingerprint density at radius 3 is 2.41 bits per heavy atom. The number of nitrogens with one attached hydrogen (secondary N) is 2. The minimum atomic E-state index is 0.439. The zero-order valence-electron chi connectivity index (χ0n) is 19.0. The number of carbonyl (C=O) groups excluding carboxylic acids is 1. The molecule has 1 aromatic heterocycles. The Morgan fingerprint density at radius 1 is 1.19 bits per heavy atom. The van der Waals surface area contributed by atoms with Gasteiger partial charge in [-0.15, -0.1) is 0 Å². The van der Waals surface area contributed by atoms with Gasteiger partial charge in [0.2, 0.25) is 0 Å². The first-order valence-electron chi connectivity index (χ1n) is 10.7. The average Bonchev–Trinajstić information content (AvgIpc) is 3.31. The maximum absolute atomic E-state index is 10.7. The van der Waals surface area contributed by atoms with E-state index in [9.17, 15) is 4.79 Å². The first kappa shape index (κ1) is 26.4. The van der Waals surface area contributed by atoms with Crippen molar-refractivity contribution in [1.82, 2.24) is 15.5 Å². The van der Waals surface area contributed by atoms with Crippen LogP contribution in [0.2, 0.25) is 0 Å². The fourth-order valence-corrected chi connectivity index (χ4v) is 2.92. The number of unbranched alkanes of at least 4 members (excludes halogenated alkanes) is 1. The van der Waals surface area contributed by atoms with Crippen molar-refractivity contribution in [2.24, 2.45) is 5.73 Å². The first-order valence-corrected chi connectivity index (χ1v) is 10.7. The molecule has 7 nitrogen and oxygen atoms in total. The van der Waals surface area contributed by atoms with Crippen LogP contribution in [0.4, 0.5) is 0 Å². The third kappa shape index (κ3) is 9.45. The summed E-state index contributed by atoms with van der Waals surface area (Å²) < 4.78 is 5.86. The lowest BCUT2D eigenvalue weighted by Gasteiger charge is -2.11. The quantitative estimate of drug-likeness (QED) is 0.239. The molecule has 0 aliphatic carbocycles. The second-order valence-electron chi connectivity index (χ2n) is 6.90. The van der Waals surface area contributed by atoms with Gasteiger partial charge in [-0.2, -0.15) is 10.4 Å². The maximum Gasteiger partial charge on any atom is 0.173 e. The van der Waals surface area contributed by atoms with Crippen LogP contribution in [-0.4, -0.2) is 29.6 Å². The molecule has 3 aromatic rings. The minimum Gasteiger partial charge on any atom is -0.457 e. The van der Waals surface area contributed by atoms with Crippen LogP contribution < -0.4 is 15.8 Å². The van der Waals surface area contributed by atoms with Crippen LogP contribution in [0.3, 0.4) is 0 Å². The lowest BCUT2D eigenvalue weighted by Crippen LogP contribution is -2.23. The van der Waals surface area contributed by atoms with E-state index < -0.39 is 0 Å². The van der Waals surface area contributed by atoms with E-state index in [-0.39, 0.29) is 0 Å². The number of rotatable bonds is 9. The van der Waals surface area contributed by atoms with Crippen molar-refractivity contribution in [3.05, 3.63) is 66.4 Å². The van der Waals surface area contributed by atoms with E-state index in [1.807, 2.05) is 61.6 Å². The number of ether oxygens (including phenoxy) is 1. The molecule has 1 heterocycles. The SMILES string of the molecule is CCCCC(CC)NC.N#CN.O=Cc1cc(-c2ccccc2Oc2ccccc2)n[nH]1.